The maximum Gasteiger partial charge on any atom is 0.164 e. The largest absolute Gasteiger partial charge is 0.512 e. The fourth-order valence-electron chi connectivity index (χ4n) is 6.17. The number of hydrogen-bond donors (Lipinski definition) is 1. The van der Waals surface area contributed by atoms with Crippen molar-refractivity contribution < 1.29 is 34.4 Å². The van der Waals surface area contributed by atoms with Gasteiger partial charge >= 0.3 is 0 Å². The van der Waals surface area contributed by atoms with Crippen LogP contribution in [-0.4, -0.2) is 15.9 Å². The third-order valence-corrected chi connectivity index (χ3v) is 10.5. The molecule has 249 valence electrons. The van der Waals surface area contributed by atoms with E-state index in [1.165, 1.54) is 27.8 Å². The van der Waals surface area contributed by atoms with Crippen LogP contribution < -0.4 is 0 Å². The Morgan fingerprint density at radius 2 is 1.47 bits per heavy atom. The maximum atomic E-state index is 12.2. The molecule has 0 aliphatic carbocycles. The summed E-state index contributed by atoms with van der Waals surface area (Å²) in [6.45, 7) is 18.8. The van der Waals surface area contributed by atoms with Crippen LogP contribution in [-0.2, 0) is 30.3 Å². The van der Waals surface area contributed by atoms with Crippen LogP contribution in [0.25, 0.3) is 54.7 Å². The molecule has 0 amide bonds. The summed E-state index contributed by atoms with van der Waals surface area (Å²) in [7, 11) is 0. The summed E-state index contributed by atoms with van der Waals surface area (Å²) in [4.78, 5) is 17.0. The molecule has 2 aromatic heterocycles. The number of fused-ring (bicyclic) bond motifs is 1. The van der Waals surface area contributed by atoms with E-state index < -0.39 is 0 Å². The fourth-order valence-corrected chi connectivity index (χ4v) is 6.17. The minimum atomic E-state index is -0.337. The number of rotatable bonds is 8. The van der Waals surface area contributed by atoms with Crippen molar-refractivity contribution in [2.24, 2.45) is 10.8 Å². The summed E-state index contributed by atoms with van der Waals surface area (Å²) in [6.07, 6.45) is 6.71. The molecule has 0 atom stereocenters. The van der Waals surface area contributed by atoms with Crippen molar-refractivity contribution in [1.29, 1.82) is 0 Å². The number of allylic oxidation sites excluding steroid dienone is 2. The van der Waals surface area contributed by atoms with E-state index in [9.17, 15) is 9.90 Å². The van der Waals surface area contributed by atoms with Gasteiger partial charge < -0.3 is 9.52 Å². The van der Waals surface area contributed by atoms with Crippen LogP contribution in [0.4, 0.5) is 0 Å². The first kappa shape index (κ1) is 36.3. The molecular formula is C42H48IrNO3-. The average Bonchev–Trinajstić information content (AvgIpc) is 3.46. The van der Waals surface area contributed by atoms with Crippen molar-refractivity contribution in [1.82, 2.24) is 4.98 Å². The Morgan fingerprint density at radius 1 is 0.830 bits per heavy atom. The van der Waals surface area contributed by atoms with Crippen LogP contribution >= 0.6 is 0 Å². The number of pyridine rings is 1. The predicted molar refractivity (Wildman–Crippen MR) is 194 cm³/mol. The van der Waals surface area contributed by atoms with Crippen LogP contribution in [0.2, 0.25) is 0 Å². The minimum Gasteiger partial charge on any atom is -0.512 e. The molecule has 6 aromatic rings. The van der Waals surface area contributed by atoms with Gasteiger partial charge in [-0.25, -0.2) is 0 Å². The number of ketones is 1. The molecule has 1 N–H and O–H groups in total. The first-order valence-corrected chi connectivity index (χ1v) is 16.7. The monoisotopic (exact) mass is 807 g/mol. The summed E-state index contributed by atoms with van der Waals surface area (Å²) in [5.41, 5.74) is 4.30. The molecule has 2 heterocycles. The van der Waals surface area contributed by atoms with Gasteiger partial charge in [0.05, 0.1) is 0 Å². The van der Waals surface area contributed by atoms with Gasteiger partial charge in [-0.05, 0) is 42.6 Å². The third kappa shape index (κ3) is 6.76. The molecule has 6 rings (SSSR count). The topological polar surface area (TPSA) is 63.3 Å². The smallest absolute Gasteiger partial charge is 0.164 e. The maximum absolute atomic E-state index is 12.2. The Morgan fingerprint density at radius 3 is 2.11 bits per heavy atom. The SMILES string of the molecule is CC(C)(C)c1cc(-c2ncc3ccc4cccc5oc2c3c45)[c-]c2ccccc12.CCC(C)(CC)C(=O)/C=C(\O)C(C)(CC)CC.[Ir]. The number of aliphatic hydroxyl groups excluding tert-OH is 1. The Hall–Kier alpha value is -3.53. The van der Waals surface area contributed by atoms with Crippen LogP contribution in [0.15, 0.2) is 83.1 Å². The van der Waals surface area contributed by atoms with Crippen LogP contribution in [0, 0.1) is 16.9 Å². The summed E-state index contributed by atoms with van der Waals surface area (Å²) in [6, 6.07) is 24.8. The second-order valence-electron chi connectivity index (χ2n) is 14.2. The van der Waals surface area contributed by atoms with E-state index in [1.807, 2.05) is 59.9 Å². The molecule has 0 saturated heterocycles. The Bertz CT molecular complexity index is 2040. The number of furan rings is 1. The molecule has 4 nitrogen and oxygen atoms in total. The Labute approximate surface area is 293 Å². The van der Waals surface area contributed by atoms with Gasteiger partial charge in [-0.1, -0.05) is 116 Å². The van der Waals surface area contributed by atoms with E-state index >= 15 is 0 Å². The molecule has 0 fully saturated rings. The predicted octanol–water partition coefficient (Wildman–Crippen LogP) is 12.1. The van der Waals surface area contributed by atoms with E-state index in [2.05, 4.69) is 75.4 Å². The van der Waals surface area contributed by atoms with Crippen molar-refractivity contribution in [3.05, 3.63) is 90.3 Å². The number of hydrogen-bond acceptors (Lipinski definition) is 4. The average molecular weight is 807 g/mol. The number of nitrogens with zero attached hydrogens (tertiary/aromatic N) is 1. The third-order valence-electron chi connectivity index (χ3n) is 10.5. The zero-order valence-corrected chi connectivity index (χ0v) is 31.7. The number of benzene rings is 4. The normalized spacial score (nSPS) is 12.8. The van der Waals surface area contributed by atoms with E-state index in [-0.39, 0.29) is 47.9 Å². The van der Waals surface area contributed by atoms with Crippen LogP contribution in [0.5, 0.6) is 0 Å². The van der Waals surface area contributed by atoms with Gasteiger partial charge in [0.2, 0.25) is 0 Å². The quantitative estimate of drug-likeness (QED) is 0.0720. The van der Waals surface area contributed by atoms with E-state index in [0.29, 0.717) is 0 Å². The molecule has 5 heteroatoms. The Kier molecular flexibility index (Phi) is 10.7. The van der Waals surface area contributed by atoms with E-state index in [4.69, 9.17) is 9.40 Å². The first-order valence-electron chi connectivity index (χ1n) is 16.7. The fraction of sp³-hybridized carbons (Fsp3) is 0.381. The first-order chi connectivity index (χ1) is 21.8. The van der Waals surface area contributed by atoms with Gasteiger partial charge in [0.1, 0.15) is 16.9 Å². The minimum absolute atomic E-state index is 0. The van der Waals surface area contributed by atoms with Gasteiger partial charge in [-0.15, -0.1) is 29.1 Å². The molecule has 4 aromatic carbocycles. The van der Waals surface area contributed by atoms with E-state index in [1.54, 1.807) is 0 Å². The second kappa shape index (κ2) is 13.9. The zero-order chi connectivity index (χ0) is 33.4. The molecule has 0 bridgehead atoms. The molecule has 47 heavy (non-hydrogen) atoms. The zero-order valence-electron chi connectivity index (χ0n) is 29.3. The number of carbonyl (C=O) groups excluding carboxylic acids is 1. The molecule has 0 aliphatic heterocycles. The standard InChI is InChI=1S/C27H20NO.C15H28O2.Ir/c1-27(2,3)21-14-19(13-17-7-4-5-9-20(17)21)25-26-24-18(15-28-25)12-11-16-8-6-10-22(29-26)23(16)24;1-7-14(5,8-2)12(16)11-13(17)15(6,9-3)10-4;/h4-12,14-15H,1-3H3;11,16H,7-10H2,1-6H3;/q-1;;/b;12-11-;. The molecule has 0 aliphatic rings. The van der Waals surface area contributed by atoms with Crippen LogP contribution in [0.3, 0.4) is 0 Å². The van der Waals surface area contributed by atoms with E-state index in [0.717, 1.165) is 64.3 Å². The van der Waals surface area contributed by atoms with Crippen molar-refractivity contribution in [3.8, 4) is 11.3 Å². The molecule has 0 unspecified atom stereocenters. The van der Waals surface area contributed by atoms with Gasteiger partial charge in [0.15, 0.2) is 5.78 Å². The number of carbonyl (C=O) groups is 1. The van der Waals surface area contributed by atoms with Gasteiger partial charge in [0, 0.05) is 65.1 Å². The molecule has 0 saturated carbocycles. The molecular weight excluding hydrogens is 759 g/mol. The van der Waals surface area contributed by atoms with Gasteiger partial charge in [-0.3, -0.25) is 9.78 Å². The summed E-state index contributed by atoms with van der Waals surface area (Å²) >= 11 is 0. The van der Waals surface area contributed by atoms with Crippen molar-refractivity contribution >= 4 is 49.3 Å². The molecule has 1 radical (unpaired) electrons. The summed E-state index contributed by atoms with van der Waals surface area (Å²) in [5, 5.41) is 17.1. The summed E-state index contributed by atoms with van der Waals surface area (Å²) in [5.74, 6) is 0.286. The number of aromatic nitrogens is 1. The summed E-state index contributed by atoms with van der Waals surface area (Å²) < 4.78 is 6.35. The van der Waals surface area contributed by atoms with Crippen molar-refractivity contribution in [2.45, 2.75) is 93.4 Å². The van der Waals surface area contributed by atoms with Gasteiger partial charge in [0.25, 0.3) is 0 Å². The van der Waals surface area contributed by atoms with Gasteiger partial charge in [-0.2, -0.15) is 0 Å². The second-order valence-corrected chi connectivity index (χ2v) is 14.2. The van der Waals surface area contributed by atoms with Crippen molar-refractivity contribution in [2.75, 3.05) is 0 Å². The molecule has 0 spiro atoms. The van der Waals surface area contributed by atoms with Crippen molar-refractivity contribution in [3.63, 3.8) is 0 Å². The number of aliphatic hydroxyl groups is 1. The Balaban J connectivity index is 0.000000242. The van der Waals surface area contributed by atoms with Crippen LogP contribution in [0.1, 0.15) is 93.6 Å².